The molecule has 0 saturated carbocycles. The summed E-state index contributed by atoms with van der Waals surface area (Å²) < 4.78 is 7.28. The standard InChI is InChI=1S/C22H20N6O2/c29-22(18-16-19(30-25-18)17-6-2-1-3-7-17)28-14-12-27(13-15-28)21-9-8-20(23-24-21)26-10-4-5-11-26/h1-11,16H,12-15H2. The molecular weight excluding hydrogens is 380 g/mol. The smallest absolute Gasteiger partial charge is 0.276 e. The summed E-state index contributed by atoms with van der Waals surface area (Å²) >= 11 is 0. The van der Waals surface area contributed by atoms with E-state index in [9.17, 15) is 4.79 Å². The number of carbonyl (C=O) groups is 1. The largest absolute Gasteiger partial charge is 0.355 e. The second-order valence-corrected chi connectivity index (χ2v) is 7.06. The Kier molecular flexibility index (Phi) is 4.72. The first kappa shape index (κ1) is 18.1. The maximum Gasteiger partial charge on any atom is 0.276 e. The number of rotatable bonds is 4. The minimum atomic E-state index is -0.116. The third-order valence-electron chi connectivity index (χ3n) is 5.18. The van der Waals surface area contributed by atoms with Crippen LogP contribution in [0.25, 0.3) is 17.1 Å². The van der Waals surface area contributed by atoms with Gasteiger partial charge < -0.3 is 18.9 Å². The number of hydrogen-bond donors (Lipinski definition) is 0. The van der Waals surface area contributed by atoms with Crippen molar-refractivity contribution in [1.82, 2.24) is 24.8 Å². The van der Waals surface area contributed by atoms with Gasteiger partial charge in [-0.1, -0.05) is 35.5 Å². The first-order valence-corrected chi connectivity index (χ1v) is 9.81. The summed E-state index contributed by atoms with van der Waals surface area (Å²) in [5, 5.41) is 12.6. The molecule has 0 atom stereocenters. The molecule has 0 spiro atoms. The zero-order chi connectivity index (χ0) is 20.3. The summed E-state index contributed by atoms with van der Waals surface area (Å²) in [5.74, 6) is 2.06. The number of carbonyl (C=O) groups excluding carboxylic acids is 1. The van der Waals surface area contributed by atoms with Gasteiger partial charge in [-0.2, -0.15) is 0 Å². The summed E-state index contributed by atoms with van der Waals surface area (Å²) in [7, 11) is 0. The highest BCUT2D eigenvalue weighted by molar-refractivity contribution is 5.93. The molecule has 1 fully saturated rings. The average molecular weight is 400 g/mol. The highest BCUT2D eigenvalue weighted by Crippen LogP contribution is 2.21. The molecule has 1 saturated heterocycles. The molecule has 0 aliphatic carbocycles. The molecule has 8 nitrogen and oxygen atoms in total. The predicted octanol–water partition coefficient (Wildman–Crippen LogP) is 2.88. The molecule has 4 aromatic rings. The van der Waals surface area contributed by atoms with E-state index in [1.54, 1.807) is 11.0 Å². The Morgan fingerprint density at radius 2 is 1.53 bits per heavy atom. The second-order valence-electron chi connectivity index (χ2n) is 7.06. The van der Waals surface area contributed by atoms with Crippen LogP contribution in [-0.2, 0) is 0 Å². The summed E-state index contributed by atoms with van der Waals surface area (Å²) in [6.07, 6.45) is 3.86. The minimum absolute atomic E-state index is 0.116. The van der Waals surface area contributed by atoms with Crippen LogP contribution in [0.4, 0.5) is 5.82 Å². The van der Waals surface area contributed by atoms with Gasteiger partial charge >= 0.3 is 0 Å². The van der Waals surface area contributed by atoms with Crippen molar-refractivity contribution in [3.8, 4) is 17.1 Å². The normalized spacial score (nSPS) is 14.1. The molecule has 0 unspecified atom stereocenters. The Bertz CT molecular complexity index is 1110. The van der Waals surface area contributed by atoms with Crippen LogP contribution in [0.1, 0.15) is 10.5 Å². The number of anilines is 1. The van der Waals surface area contributed by atoms with E-state index >= 15 is 0 Å². The molecule has 1 amide bonds. The van der Waals surface area contributed by atoms with Gasteiger partial charge in [-0.3, -0.25) is 4.79 Å². The molecule has 0 bridgehead atoms. The number of nitrogens with zero attached hydrogens (tertiary/aromatic N) is 6. The second kappa shape index (κ2) is 7.82. The lowest BCUT2D eigenvalue weighted by molar-refractivity contribution is 0.0736. The summed E-state index contributed by atoms with van der Waals surface area (Å²) in [5.41, 5.74) is 1.23. The van der Waals surface area contributed by atoms with E-state index in [1.165, 1.54) is 0 Å². The van der Waals surface area contributed by atoms with Gasteiger partial charge in [-0.05, 0) is 24.3 Å². The molecular formula is C22H20N6O2. The van der Waals surface area contributed by atoms with Crippen LogP contribution < -0.4 is 4.90 Å². The molecule has 30 heavy (non-hydrogen) atoms. The minimum Gasteiger partial charge on any atom is -0.355 e. The van der Waals surface area contributed by atoms with Gasteiger partial charge in [0, 0.05) is 50.2 Å². The van der Waals surface area contributed by atoms with E-state index in [0.29, 0.717) is 37.6 Å². The lowest BCUT2D eigenvalue weighted by Crippen LogP contribution is -2.49. The Labute approximate surface area is 173 Å². The van der Waals surface area contributed by atoms with Crippen molar-refractivity contribution in [2.24, 2.45) is 0 Å². The zero-order valence-corrected chi connectivity index (χ0v) is 16.3. The third kappa shape index (κ3) is 3.55. The Morgan fingerprint density at radius 1 is 0.833 bits per heavy atom. The molecule has 3 aromatic heterocycles. The molecule has 5 rings (SSSR count). The highest BCUT2D eigenvalue weighted by atomic mass is 16.5. The van der Waals surface area contributed by atoms with E-state index in [0.717, 1.165) is 17.2 Å². The SMILES string of the molecule is O=C(c1cc(-c2ccccc2)on1)N1CCN(c2ccc(-n3cccc3)nn2)CC1. The monoisotopic (exact) mass is 400 g/mol. The Hall–Kier alpha value is -3.94. The lowest BCUT2D eigenvalue weighted by atomic mass is 10.1. The van der Waals surface area contributed by atoms with Gasteiger partial charge in [0.15, 0.2) is 23.1 Å². The summed E-state index contributed by atoms with van der Waals surface area (Å²) in [4.78, 5) is 16.7. The van der Waals surface area contributed by atoms with Gasteiger partial charge in [-0.25, -0.2) is 0 Å². The maximum atomic E-state index is 12.8. The molecule has 0 N–H and O–H groups in total. The fourth-order valence-electron chi connectivity index (χ4n) is 3.53. The first-order chi connectivity index (χ1) is 14.8. The Balaban J connectivity index is 1.22. The molecule has 1 aliphatic rings. The average Bonchev–Trinajstić information content (AvgIpc) is 3.52. The van der Waals surface area contributed by atoms with Crippen molar-refractivity contribution < 1.29 is 9.32 Å². The number of hydrogen-bond acceptors (Lipinski definition) is 6. The van der Waals surface area contributed by atoms with Crippen LogP contribution >= 0.6 is 0 Å². The van der Waals surface area contributed by atoms with Crippen molar-refractivity contribution in [2.45, 2.75) is 0 Å². The van der Waals surface area contributed by atoms with Gasteiger partial charge in [0.05, 0.1) is 0 Å². The maximum absolute atomic E-state index is 12.8. The van der Waals surface area contributed by atoms with Crippen molar-refractivity contribution in [3.05, 3.63) is 78.8 Å². The molecule has 8 heteroatoms. The van der Waals surface area contributed by atoms with Gasteiger partial charge in [0.1, 0.15) is 0 Å². The number of piperazine rings is 1. The fraction of sp³-hybridized carbons (Fsp3) is 0.182. The lowest BCUT2D eigenvalue weighted by Gasteiger charge is -2.34. The molecule has 1 aromatic carbocycles. The van der Waals surface area contributed by atoms with Crippen molar-refractivity contribution in [3.63, 3.8) is 0 Å². The molecule has 4 heterocycles. The predicted molar refractivity (Wildman–Crippen MR) is 111 cm³/mol. The van der Waals surface area contributed by atoms with Crippen LogP contribution in [-0.4, -0.2) is 56.9 Å². The quantitative estimate of drug-likeness (QED) is 0.524. The van der Waals surface area contributed by atoms with E-state index in [-0.39, 0.29) is 5.91 Å². The number of benzene rings is 1. The summed E-state index contributed by atoms with van der Waals surface area (Å²) in [6, 6.07) is 19.1. The van der Waals surface area contributed by atoms with Crippen molar-refractivity contribution in [2.75, 3.05) is 31.1 Å². The van der Waals surface area contributed by atoms with E-state index in [2.05, 4.69) is 20.3 Å². The summed E-state index contributed by atoms with van der Waals surface area (Å²) in [6.45, 7) is 2.56. The van der Waals surface area contributed by atoms with Crippen LogP contribution in [0.3, 0.4) is 0 Å². The van der Waals surface area contributed by atoms with Crippen molar-refractivity contribution >= 4 is 11.7 Å². The van der Waals surface area contributed by atoms with E-state index in [1.807, 2.05) is 71.6 Å². The number of amides is 1. The molecule has 0 radical (unpaired) electrons. The van der Waals surface area contributed by atoms with Gasteiger partial charge in [0.2, 0.25) is 0 Å². The third-order valence-corrected chi connectivity index (χ3v) is 5.18. The van der Waals surface area contributed by atoms with Crippen molar-refractivity contribution in [1.29, 1.82) is 0 Å². The van der Waals surface area contributed by atoms with Crippen LogP contribution in [0, 0.1) is 0 Å². The topological polar surface area (TPSA) is 80.3 Å². The van der Waals surface area contributed by atoms with Gasteiger partial charge in [0.25, 0.3) is 5.91 Å². The van der Waals surface area contributed by atoms with Gasteiger partial charge in [-0.15, -0.1) is 10.2 Å². The van der Waals surface area contributed by atoms with Crippen LogP contribution in [0.2, 0.25) is 0 Å². The first-order valence-electron chi connectivity index (χ1n) is 9.81. The van der Waals surface area contributed by atoms with E-state index < -0.39 is 0 Å². The van der Waals surface area contributed by atoms with E-state index in [4.69, 9.17) is 4.52 Å². The zero-order valence-electron chi connectivity index (χ0n) is 16.3. The van der Waals surface area contributed by atoms with Crippen LogP contribution in [0.15, 0.2) is 77.6 Å². The highest BCUT2D eigenvalue weighted by Gasteiger charge is 2.25. The molecule has 150 valence electrons. The fourth-order valence-corrected chi connectivity index (χ4v) is 3.53. The number of aromatic nitrogens is 4. The van der Waals surface area contributed by atoms with Crippen LogP contribution in [0.5, 0.6) is 0 Å². The molecule has 1 aliphatic heterocycles. The Morgan fingerprint density at radius 3 is 2.23 bits per heavy atom.